The third-order valence-electron chi connectivity index (χ3n) is 6.60. The molecule has 1 aliphatic heterocycles. The van der Waals surface area contributed by atoms with Gasteiger partial charge in [0.25, 0.3) is 0 Å². The van der Waals surface area contributed by atoms with Crippen LogP contribution in [0, 0.1) is 5.41 Å². The second-order valence-corrected chi connectivity index (χ2v) is 8.88. The van der Waals surface area contributed by atoms with Gasteiger partial charge in [-0.2, -0.15) is 0 Å². The van der Waals surface area contributed by atoms with Gasteiger partial charge in [0, 0.05) is 39.0 Å². The van der Waals surface area contributed by atoms with Gasteiger partial charge in [-0.15, -0.1) is 0 Å². The van der Waals surface area contributed by atoms with Gasteiger partial charge < -0.3 is 10.2 Å². The third-order valence-corrected chi connectivity index (χ3v) is 6.60. The summed E-state index contributed by atoms with van der Waals surface area (Å²) in [5.41, 5.74) is 3.82. The SMILES string of the molecule is CNC(=O)[C@@]1(Cc2ccc(-c3cccnc3)cc2)CCCN(C(=O)CCc2ccccc2)C1. The Labute approximate surface area is 195 Å². The van der Waals surface area contributed by atoms with E-state index < -0.39 is 5.41 Å². The van der Waals surface area contributed by atoms with Crippen molar-refractivity contribution < 1.29 is 9.59 Å². The smallest absolute Gasteiger partial charge is 0.228 e. The highest BCUT2D eigenvalue weighted by molar-refractivity contribution is 5.85. The average molecular weight is 442 g/mol. The zero-order chi connectivity index (χ0) is 23.1. The van der Waals surface area contributed by atoms with E-state index >= 15 is 0 Å². The summed E-state index contributed by atoms with van der Waals surface area (Å²) in [6.07, 6.45) is 7.02. The van der Waals surface area contributed by atoms with Crippen molar-refractivity contribution in [3.63, 3.8) is 0 Å². The number of benzene rings is 2. The maximum atomic E-state index is 13.1. The summed E-state index contributed by atoms with van der Waals surface area (Å²) in [5, 5.41) is 2.87. The van der Waals surface area contributed by atoms with E-state index in [2.05, 4.69) is 34.6 Å². The van der Waals surface area contributed by atoms with Gasteiger partial charge in [0.2, 0.25) is 11.8 Å². The Morgan fingerprint density at radius 3 is 2.45 bits per heavy atom. The van der Waals surface area contributed by atoms with E-state index in [0.29, 0.717) is 25.9 Å². The summed E-state index contributed by atoms with van der Waals surface area (Å²) in [4.78, 5) is 32.2. The van der Waals surface area contributed by atoms with Crippen LogP contribution in [0.4, 0.5) is 0 Å². The van der Waals surface area contributed by atoms with Crippen molar-refractivity contribution in [1.29, 1.82) is 0 Å². The lowest BCUT2D eigenvalue weighted by Gasteiger charge is -2.41. The largest absolute Gasteiger partial charge is 0.359 e. The van der Waals surface area contributed by atoms with Crippen LogP contribution in [0.5, 0.6) is 0 Å². The number of aryl methyl sites for hydroxylation is 1. The second-order valence-electron chi connectivity index (χ2n) is 8.88. The molecule has 1 fully saturated rings. The first-order valence-corrected chi connectivity index (χ1v) is 11.6. The Morgan fingerprint density at radius 1 is 0.970 bits per heavy atom. The fraction of sp³-hybridized carbons (Fsp3) is 0.321. The molecule has 0 unspecified atom stereocenters. The van der Waals surface area contributed by atoms with Crippen molar-refractivity contribution in [3.05, 3.63) is 90.3 Å². The highest BCUT2D eigenvalue weighted by atomic mass is 16.2. The topological polar surface area (TPSA) is 62.3 Å². The van der Waals surface area contributed by atoms with E-state index in [0.717, 1.165) is 41.5 Å². The van der Waals surface area contributed by atoms with Gasteiger partial charge in [-0.05, 0) is 54.0 Å². The molecule has 170 valence electrons. The summed E-state index contributed by atoms with van der Waals surface area (Å²) in [5.74, 6) is 0.137. The molecule has 0 aliphatic carbocycles. The number of nitrogens with one attached hydrogen (secondary N) is 1. The van der Waals surface area contributed by atoms with Crippen LogP contribution in [-0.4, -0.2) is 41.8 Å². The zero-order valence-corrected chi connectivity index (χ0v) is 19.2. The monoisotopic (exact) mass is 441 g/mol. The van der Waals surface area contributed by atoms with E-state index in [1.54, 1.807) is 13.2 Å². The van der Waals surface area contributed by atoms with E-state index in [-0.39, 0.29) is 11.8 Å². The Balaban J connectivity index is 1.47. The molecule has 33 heavy (non-hydrogen) atoms. The molecule has 0 radical (unpaired) electrons. The number of carbonyl (C=O) groups excluding carboxylic acids is 2. The Morgan fingerprint density at radius 2 is 1.76 bits per heavy atom. The summed E-state index contributed by atoms with van der Waals surface area (Å²) in [6, 6.07) is 22.4. The minimum absolute atomic E-state index is 0.0133. The van der Waals surface area contributed by atoms with Crippen LogP contribution >= 0.6 is 0 Å². The molecule has 4 rings (SSSR count). The molecule has 3 aromatic rings. The van der Waals surface area contributed by atoms with Crippen molar-refractivity contribution in [2.75, 3.05) is 20.1 Å². The number of likely N-dealkylation sites (tertiary alicyclic amines) is 1. The quantitative estimate of drug-likeness (QED) is 0.595. The van der Waals surface area contributed by atoms with Gasteiger partial charge >= 0.3 is 0 Å². The molecular formula is C28H31N3O2. The second kappa shape index (κ2) is 10.4. The van der Waals surface area contributed by atoms with Gasteiger partial charge in [-0.25, -0.2) is 0 Å². The number of piperidine rings is 1. The lowest BCUT2D eigenvalue weighted by Crippen LogP contribution is -2.54. The van der Waals surface area contributed by atoms with Crippen molar-refractivity contribution >= 4 is 11.8 Å². The molecule has 2 heterocycles. The summed E-state index contributed by atoms with van der Waals surface area (Å²) in [7, 11) is 1.69. The maximum Gasteiger partial charge on any atom is 0.228 e. The normalized spacial score (nSPS) is 18.0. The van der Waals surface area contributed by atoms with E-state index in [1.165, 1.54) is 0 Å². The lowest BCUT2D eigenvalue weighted by atomic mass is 9.74. The molecule has 2 amide bonds. The van der Waals surface area contributed by atoms with Gasteiger partial charge in [0.15, 0.2) is 0 Å². The first kappa shape index (κ1) is 22.7. The summed E-state index contributed by atoms with van der Waals surface area (Å²) >= 11 is 0. The van der Waals surface area contributed by atoms with Crippen molar-refractivity contribution in [1.82, 2.24) is 15.2 Å². The fourth-order valence-corrected chi connectivity index (χ4v) is 4.81. The first-order chi connectivity index (χ1) is 16.1. The Bertz CT molecular complexity index is 1070. The van der Waals surface area contributed by atoms with Gasteiger partial charge in [0.1, 0.15) is 0 Å². The fourth-order valence-electron chi connectivity index (χ4n) is 4.81. The number of rotatable bonds is 7. The van der Waals surface area contributed by atoms with Crippen LogP contribution in [0.3, 0.4) is 0 Å². The van der Waals surface area contributed by atoms with Crippen LogP contribution in [0.2, 0.25) is 0 Å². The number of aromatic nitrogens is 1. The molecule has 1 N–H and O–H groups in total. The van der Waals surface area contributed by atoms with Gasteiger partial charge in [-0.3, -0.25) is 14.6 Å². The van der Waals surface area contributed by atoms with Crippen molar-refractivity contribution in [3.8, 4) is 11.1 Å². The number of hydrogen-bond acceptors (Lipinski definition) is 3. The predicted molar refractivity (Wildman–Crippen MR) is 130 cm³/mol. The van der Waals surface area contributed by atoms with Crippen molar-refractivity contribution in [2.45, 2.75) is 32.1 Å². The maximum absolute atomic E-state index is 13.1. The van der Waals surface area contributed by atoms with Crippen LogP contribution in [0.25, 0.3) is 11.1 Å². The number of pyridine rings is 1. The summed E-state index contributed by atoms with van der Waals surface area (Å²) < 4.78 is 0. The molecule has 0 bridgehead atoms. The predicted octanol–water partition coefficient (Wildman–Crippen LogP) is 4.28. The van der Waals surface area contributed by atoms with Crippen LogP contribution in [0.1, 0.15) is 30.4 Å². The number of amides is 2. The average Bonchev–Trinajstić information content (AvgIpc) is 2.88. The number of nitrogens with zero attached hydrogens (tertiary/aromatic N) is 2. The highest BCUT2D eigenvalue weighted by Gasteiger charge is 2.42. The van der Waals surface area contributed by atoms with Crippen LogP contribution < -0.4 is 5.32 Å². The molecule has 5 heteroatoms. The summed E-state index contributed by atoms with van der Waals surface area (Å²) in [6.45, 7) is 1.18. The highest BCUT2D eigenvalue weighted by Crippen LogP contribution is 2.35. The first-order valence-electron chi connectivity index (χ1n) is 11.6. The molecule has 1 atom stereocenters. The van der Waals surface area contributed by atoms with Crippen molar-refractivity contribution in [2.24, 2.45) is 5.41 Å². The van der Waals surface area contributed by atoms with Gasteiger partial charge in [0.05, 0.1) is 5.41 Å². The standard InChI is InChI=1S/C28H31N3O2/c1-29-27(33)28(19-23-10-13-24(14-11-23)25-9-5-17-30-20-25)16-6-18-31(21-28)26(32)15-12-22-7-3-2-4-8-22/h2-5,7-11,13-14,17,20H,6,12,15-16,18-19,21H2,1H3,(H,29,33)/t28-/m1/s1. The number of carbonyl (C=O) groups is 2. The third kappa shape index (κ3) is 5.48. The zero-order valence-electron chi connectivity index (χ0n) is 19.2. The van der Waals surface area contributed by atoms with Crippen LogP contribution in [0.15, 0.2) is 79.1 Å². The lowest BCUT2D eigenvalue weighted by molar-refractivity contribution is -0.141. The number of hydrogen-bond donors (Lipinski definition) is 1. The Kier molecular flexibility index (Phi) is 7.18. The molecule has 0 spiro atoms. The van der Waals surface area contributed by atoms with E-state index in [9.17, 15) is 9.59 Å². The molecule has 1 aromatic heterocycles. The molecule has 1 saturated heterocycles. The molecule has 1 aliphatic rings. The molecule has 0 saturated carbocycles. The Hall–Kier alpha value is -3.47. The van der Waals surface area contributed by atoms with E-state index in [4.69, 9.17) is 0 Å². The minimum Gasteiger partial charge on any atom is -0.359 e. The molecule has 2 aromatic carbocycles. The molecule has 5 nitrogen and oxygen atoms in total. The molecular weight excluding hydrogens is 410 g/mol. The van der Waals surface area contributed by atoms with Crippen LogP contribution in [-0.2, 0) is 22.4 Å². The van der Waals surface area contributed by atoms with Gasteiger partial charge in [-0.1, -0.05) is 60.7 Å². The minimum atomic E-state index is -0.606. The van der Waals surface area contributed by atoms with E-state index in [1.807, 2.05) is 53.6 Å².